The molecule has 0 atom stereocenters. The molecule has 6 nitrogen and oxygen atoms in total. The number of carbonyl (C=O) groups is 1. The summed E-state index contributed by atoms with van der Waals surface area (Å²) in [6.07, 6.45) is 4.27. The fourth-order valence-electron chi connectivity index (χ4n) is 1.89. The summed E-state index contributed by atoms with van der Waals surface area (Å²) in [5.74, 6) is 0.734. The van der Waals surface area contributed by atoms with E-state index in [0.29, 0.717) is 12.1 Å². The van der Waals surface area contributed by atoms with E-state index in [4.69, 9.17) is 0 Å². The van der Waals surface area contributed by atoms with Crippen LogP contribution in [0.3, 0.4) is 0 Å². The van der Waals surface area contributed by atoms with Gasteiger partial charge in [0.1, 0.15) is 11.3 Å². The number of benzene rings is 1. The third kappa shape index (κ3) is 1.64. The normalized spacial score (nSPS) is 10.7. The number of nitrogens with zero attached hydrogens (tertiary/aromatic N) is 3. The van der Waals surface area contributed by atoms with Gasteiger partial charge in [-0.2, -0.15) is 5.10 Å². The molecular formula is C12H11N5O. The van der Waals surface area contributed by atoms with Gasteiger partial charge in [0, 0.05) is 13.2 Å². The van der Waals surface area contributed by atoms with Gasteiger partial charge < -0.3 is 10.3 Å². The Balaban J connectivity index is 2.16. The average molecular weight is 241 g/mol. The Hall–Kier alpha value is -2.63. The third-order valence-corrected chi connectivity index (χ3v) is 2.71. The zero-order chi connectivity index (χ0) is 12.5. The summed E-state index contributed by atoms with van der Waals surface area (Å²) < 4.78 is 1.72. The van der Waals surface area contributed by atoms with E-state index in [1.54, 1.807) is 10.9 Å². The number of carbonyl (C=O) groups excluding carboxylic acids is 1. The monoisotopic (exact) mass is 241 g/mol. The van der Waals surface area contributed by atoms with E-state index in [9.17, 15) is 4.79 Å². The summed E-state index contributed by atoms with van der Waals surface area (Å²) in [5, 5.41) is 6.74. The fourth-order valence-corrected chi connectivity index (χ4v) is 1.89. The van der Waals surface area contributed by atoms with Gasteiger partial charge >= 0.3 is 0 Å². The number of fused-ring (bicyclic) bond motifs is 1. The topological polar surface area (TPSA) is 75.6 Å². The van der Waals surface area contributed by atoms with E-state index in [1.807, 2.05) is 31.4 Å². The lowest BCUT2D eigenvalue weighted by Crippen LogP contribution is -1.93. The first-order chi connectivity index (χ1) is 8.78. The number of para-hydroxylation sites is 1. The summed E-state index contributed by atoms with van der Waals surface area (Å²) in [4.78, 5) is 18.2. The molecule has 2 N–H and O–H groups in total. The molecule has 2 heterocycles. The van der Waals surface area contributed by atoms with Crippen molar-refractivity contribution in [2.45, 2.75) is 0 Å². The molecule has 6 heteroatoms. The molecule has 0 bridgehead atoms. The van der Waals surface area contributed by atoms with Gasteiger partial charge in [-0.25, -0.2) is 4.98 Å². The molecule has 0 spiro atoms. The number of H-pyrrole nitrogens is 1. The standard InChI is InChI=1S/C12H11N5O/c1-17-6-8(5-14-17)12-15-10-4-2-3-9(13-7-18)11(10)16-12/h2-7H,1H3,(H,13,18)(H,15,16). The SMILES string of the molecule is Cn1cc(-c2nc3c(NC=O)cccc3[nH]2)cn1. The van der Waals surface area contributed by atoms with Crippen LogP contribution in [0, 0.1) is 0 Å². The van der Waals surface area contributed by atoms with Gasteiger partial charge in [0.2, 0.25) is 6.41 Å². The molecule has 18 heavy (non-hydrogen) atoms. The number of anilines is 1. The average Bonchev–Trinajstić information content (AvgIpc) is 2.95. The Morgan fingerprint density at radius 2 is 2.33 bits per heavy atom. The van der Waals surface area contributed by atoms with Crippen molar-refractivity contribution in [1.29, 1.82) is 0 Å². The fraction of sp³-hybridized carbons (Fsp3) is 0.0833. The number of nitrogens with one attached hydrogen (secondary N) is 2. The van der Waals surface area contributed by atoms with Crippen LogP contribution in [0.4, 0.5) is 5.69 Å². The zero-order valence-corrected chi connectivity index (χ0v) is 9.71. The Labute approximate surface area is 103 Å². The highest BCUT2D eigenvalue weighted by Gasteiger charge is 2.09. The molecule has 0 radical (unpaired) electrons. The highest BCUT2D eigenvalue weighted by atomic mass is 16.1. The van der Waals surface area contributed by atoms with Crippen LogP contribution in [0.25, 0.3) is 22.4 Å². The molecule has 0 unspecified atom stereocenters. The van der Waals surface area contributed by atoms with Crippen LogP contribution >= 0.6 is 0 Å². The van der Waals surface area contributed by atoms with Crippen LogP contribution in [0.1, 0.15) is 0 Å². The zero-order valence-electron chi connectivity index (χ0n) is 9.71. The van der Waals surface area contributed by atoms with Crippen molar-refractivity contribution in [1.82, 2.24) is 19.7 Å². The summed E-state index contributed by atoms with van der Waals surface area (Å²) in [6.45, 7) is 0. The first kappa shape index (κ1) is 10.5. The first-order valence-electron chi connectivity index (χ1n) is 5.46. The Kier molecular flexibility index (Phi) is 2.33. The van der Waals surface area contributed by atoms with Crippen LogP contribution < -0.4 is 5.32 Å². The number of hydrogen-bond donors (Lipinski definition) is 2. The van der Waals surface area contributed by atoms with Gasteiger partial charge in [-0.15, -0.1) is 0 Å². The maximum Gasteiger partial charge on any atom is 0.211 e. The highest BCUT2D eigenvalue weighted by Crippen LogP contribution is 2.24. The van der Waals surface area contributed by atoms with Gasteiger partial charge in [-0.3, -0.25) is 9.48 Å². The van der Waals surface area contributed by atoms with E-state index < -0.39 is 0 Å². The van der Waals surface area contributed by atoms with E-state index >= 15 is 0 Å². The molecule has 90 valence electrons. The van der Waals surface area contributed by atoms with Crippen molar-refractivity contribution >= 4 is 23.1 Å². The van der Waals surface area contributed by atoms with Crippen LogP contribution in [0.5, 0.6) is 0 Å². The number of imidazole rings is 1. The second-order valence-corrected chi connectivity index (χ2v) is 3.95. The lowest BCUT2D eigenvalue weighted by Gasteiger charge is -1.97. The molecule has 0 aliphatic carbocycles. The van der Waals surface area contributed by atoms with Crippen LogP contribution in [0.2, 0.25) is 0 Å². The quantitative estimate of drug-likeness (QED) is 0.683. The molecule has 0 fully saturated rings. The third-order valence-electron chi connectivity index (χ3n) is 2.71. The molecular weight excluding hydrogens is 230 g/mol. The highest BCUT2D eigenvalue weighted by molar-refractivity contribution is 5.94. The molecule has 0 saturated carbocycles. The number of amides is 1. The van der Waals surface area contributed by atoms with Crippen LogP contribution in [0.15, 0.2) is 30.6 Å². The molecule has 3 aromatic rings. The molecule has 0 saturated heterocycles. The Morgan fingerprint density at radius 1 is 1.44 bits per heavy atom. The second kappa shape index (κ2) is 3.99. The minimum Gasteiger partial charge on any atom is -0.338 e. The van der Waals surface area contributed by atoms with Gasteiger partial charge in [0.25, 0.3) is 0 Å². The largest absolute Gasteiger partial charge is 0.338 e. The minimum absolute atomic E-state index is 0.646. The molecule has 3 rings (SSSR count). The molecule has 1 aromatic carbocycles. The minimum atomic E-state index is 0.646. The Bertz CT molecular complexity index is 712. The molecule has 0 aliphatic heterocycles. The molecule has 2 aromatic heterocycles. The molecule has 1 amide bonds. The van der Waals surface area contributed by atoms with Crippen LogP contribution in [-0.4, -0.2) is 26.2 Å². The summed E-state index contributed by atoms with van der Waals surface area (Å²) in [5.41, 5.74) is 3.21. The van der Waals surface area contributed by atoms with E-state index in [0.717, 1.165) is 22.4 Å². The van der Waals surface area contributed by atoms with Crippen LogP contribution in [-0.2, 0) is 11.8 Å². The predicted molar refractivity (Wildman–Crippen MR) is 68.0 cm³/mol. The van der Waals surface area contributed by atoms with Crippen molar-refractivity contribution in [2.24, 2.45) is 7.05 Å². The van der Waals surface area contributed by atoms with Gasteiger partial charge in [-0.05, 0) is 12.1 Å². The number of hydrogen-bond acceptors (Lipinski definition) is 3. The van der Waals surface area contributed by atoms with Gasteiger partial charge in [0.05, 0.1) is 23.0 Å². The van der Waals surface area contributed by atoms with Crippen molar-refractivity contribution in [2.75, 3.05) is 5.32 Å². The van der Waals surface area contributed by atoms with Crippen molar-refractivity contribution in [3.63, 3.8) is 0 Å². The number of aryl methyl sites for hydroxylation is 1. The second-order valence-electron chi connectivity index (χ2n) is 3.95. The van der Waals surface area contributed by atoms with E-state index in [-0.39, 0.29) is 0 Å². The van der Waals surface area contributed by atoms with Crippen molar-refractivity contribution in [3.8, 4) is 11.4 Å². The maximum atomic E-state index is 10.5. The predicted octanol–water partition coefficient (Wildman–Crippen LogP) is 1.53. The summed E-state index contributed by atoms with van der Waals surface area (Å²) in [7, 11) is 1.85. The summed E-state index contributed by atoms with van der Waals surface area (Å²) >= 11 is 0. The Morgan fingerprint density at radius 3 is 3.06 bits per heavy atom. The van der Waals surface area contributed by atoms with Crippen molar-refractivity contribution < 1.29 is 4.79 Å². The van der Waals surface area contributed by atoms with Crippen molar-refractivity contribution in [3.05, 3.63) is 30.6 Å². The first-order valence-corrected chi connectivity index (χ1v) is 5.46. The van der Waals surface area contributed by atoms with Gasteiger partial charge in [0.15, 0.2) is 0 Å². The summed E-state index contributed by atoms with van der Waals surface area (Å²) in [6, 6.07) is 5.59. The number of rotatable bonds is 3. The number of aromatic nitrogens is 4. The van der Waals surface area contributed by atoms with E-state index in [2.05, 4.69) is 20.4 Å². The lowest BCUT2D eigenvalue weighted by atomic mass is 10.3. The number of aromatic amines is 1. The smallest absolute Gasteiger partial charge is 0.211 e. The van der Waals surface area contributed by atoms with Gasteiger partial charge in [-0.1, -0.05) is 6.07 Å². The molecule has 0 aliphatic rings. The lowest BCUT2D eigenvalue weighted by molar-refractivity contribution is -0.105. The maximum absolute atomic E-state index is 10.5. The van der Waals surface area contributed by atoms with E-state index in [1.165, 1.54) is 0 Å².